The monoisotopic (exact) mass is 417 g/mol. The number of nitrogens with zero attached hydrogens (tertiary/aromatic N) is 3. The molecule has 0 fully saturated rings. The van der Waals surface area contributed by atoms with Crippen LogP contribution in [0.5, 0.6) is 0 Å². The third-order valence-electron chi connectivity index (χ3n) is 4.89. The number of carbonyl (C=O) groups excluding carboxylic acids is 1. The van der Waals surface area contributed by atoms with E-state index in [9.17, 15) is 4.79 Å². The van der Waals surface area contributed by atoms with Crippen LogP contribution in [0.25, 0.3) is 16.9 Å². The Hall–Kier alpha value is -3.45. The van der Waals surface area contributed by atoms with Crippen molar-refractivity contribution in [2.75, 3.05) is 0 Å². The Morgan fingerprint density at radius 1 is 0.967 bits per heavy atom. The van der Waals surface area contributed by atoms with Crippen LogP contribution >= 0.6 is 11.3 Å². The number of hydrogen-bond acceptors (Lipinski definition) is 4. The van der Waals surface area contributed by atoms with Gasteiger partial charge in [0.05, 0.1) is 23.6 Å². The summed E-state index contributed by atoms with van der Waals surface area (Å²) in [5.41, 5.74) is 5.96. The topological polar surface area (TPSA) is 71.8 Å². The minimum Gasteiger partial charge on any atom is -0.334 e. The maximum Gasteiger partial charge on any atom is 0.315 e. The minimum atomic E-state index is -0.224. The molecule has 0 saturated heterocycles. The van der Waals surface area contributed by atoms with Gasteiger partial charge >= 0.3 is 6.03 Å². The molecule has 30 heavy (non-hydrogen) atoms. The molecule has 6 nitrogen and oxygen atoms in total. The Morgan fingerprint density at radius 3 is 2.37 bits per heavy atom. The maximum absolute atomic E-state index is 12.3. The molecule has 2 aromatic heterocycles. The molecule has 0 saturated carbocycles. The molecule has 2 heterocycles. The third kappa shape index (κ3) is 4.41. The van der Waals surface area contributed by atoms with Gasteiger partial charge in [0.15, 0.2) is 0 Å². The van der Waals surface area contributed by atoms with Crippen LogP contribution in [0.1, 0.15) is 22.0 Å². The highest BCUT2D eigenvalue weighted by atomic mass is 32.1. The summed E-state index contributed by atoms with van der Waals surface area (Å²) >= 11 is 1.54. The summed E-state index contributed by atoms with van der Waals surface area (Å²) in [4.78, 5) is 16.9. The van der Waals surface area contributed by atoms with Gasteiger partial charge in [-0.15, -0.1) is 11.3 Å². The largest absolute Gasteiger partial charge is 0.334 e. The van der Waals surface area contributed by atoms with Crippen LogP contribution in [-0.2, 0) is 13.1 Å². The Bertz CT molecular complexity index is 1140. The fourth-order valence-corrected chi connectivity index (χ4v) is 4.02. The molecule has 0 aliphatic rings. The molecule has 0 radical (unpaired) electrons. The highest BCUT2D eigenvalue weighted by Gasteiger charge is 2.14. The van der Waals surface area contributed by atoms with E-state index >= 15 is 0 Å². The van der Waals surface area contributed by atoms with Gasteiger partial charge in [-0.1, -0.05) is 48.5 Å². The lowest BCUT2D eigenvalue weighted by atomic mass is 10.2. The summed E-state index contributed by atoms with van der Waals surface area (Å²) in [6, 6.07) is 19.8. The molecule has 4 aromatic rings. The van der Waals surface area contributed by atoms with E-state index in [-0.39, 0.29) is 6.03 Å². The molecule has 0 aliphatic heterocycles. The second kappa shape index (κ2) is 8.92. The molecule has 0 aliphatic carbocycles. The van der Waals surface area contributed by atoms with E-state index in [1.165, 1.54) is 11.3 Å². The van der Waals surface area contributed by atoms with Gasteiger partial charge in [-0.05, 0) is 26.0 Å². The number of nitrogens with one attached hydrogen (secondary N) is 2. The van der Waals surface area contributed by atoms with Crippen molar-refractivity contribution in [3.8, 4) is 16.9 Å². The predicted molar refractivity (Wildman–Crippen MR) is 120 cm³/mol. The van der Waals surface area contributed by atoms with Gasteiger partial charge in [0, 0.05) is 28.7 Å². The van der Waals surface area contributed by atoms with Crippen LogP contribution in [0, 0.1) is 13.8 Å². The second-order valence-electron chi connectivity index (χ2n) is 6.93. The van der Waals surface area contributed by atoms with Crippen molar-refractivity contribution in [2.24, 2.45) is 0 Å². The summed E-state index contributed by atoms with van der Waals surface area (Å²) in [6.45, 7) is 4.79. The average molecular weight is 418 g/mol. The highest BCUT2D eigenvalue weighted by Crippen LogP contribution is 2.21. The molecule has 2 aromatic carbocycles. The maximum atomic E-state index is 12.3. The minimum absolute atomic E-state index is 0.224. The van der Waals surface area contributed by atoms with Crippen LogP contribution in [0.3, 0.4) is 0 Å². The summed E-state index contributed by atoms with van der Waals surface area (Å²) in [5.74, 6) is 0. The van der Waals surface area contributed by atoms with Crippen molar-refractivity contribution in [1.29, 1.82) is 0 Å². The first-order valence-corrected chi connectivity index (χ1v) is 10.6. The van der Waals surface area contributed by atoms with E-state index in [1.807, 2.05) is 84.6 Å². The smallest absolute Gasteiger partial charge is 0.315 e. The summed E-state index contributed by atoms with van der Waals surface area (Å²) < 4.78 is 1.91. The number of rotatable bonds is 6. The van der Waals surface area contributed by atoms with Crippen LogP contribution in [0.15, 0.2) is 66.0 Å². The number of benzene rings is 2. The Kier molecular flexibility index (Phi) is 5.90. The first-order chi connectivity index (χ1) is 14.6. The van der Waals surface area contributed by atoms with E-state index in [0.29, 0.717) is 13.1 Å². The van der Waals surface area contributed by atoms with E-state index in [4.69, 9.17) is 0 Å². The van der Waals surface area contributed by atoms with Crippen molar-refractivity contribution in [3.63, 3.8) is 0 Å². The van der Waals surface area contributed by atoms with E-state index in [2.05, 4.69) is 20.7 Å². The first-order valence-electron chi connectivity index (χ1n) is 9.74. The van der Waals surface area contributed by atoms with Gasteiger partial charge in [-0.3, -0.25) is 0 Å². The summed E-state index contributed by atoms with van der Waals surface area (Å²) in [7, 11) is 0. The molecule has 7 heteroatoms. The Balaban J connectivity index is 1.34. The van der Waals surface area contributed by atoms with Crippen molar-refractivity contribution >= 4 is 17.4 Å². The van der Waals surface area contributed by atoms with Crippen molar-refractivity contribution < 1.29 is 4.79 Å². The van der Waals surface area contributed by atoms with E-state index < -0.39 is 0 Å². The fraction of sp³-hybridized carbons (Fsp3) is 0.174. The normalized spacial score (nSPS) is 10.7. The van der Waals surface area contributed by atoms with Gasteiger partial charge in [0.1, 0.15) is 5.01 Å². The van der Waals surface area contributed by atoms with Gasteiger partial charge in [-0.25, -0.2) is 14.5 Å². The molecule has 2 N–H and O–H groups in total. The quantitative estimate of drug-likeness (QED) is 0.481. The van der Waals surface area contributed by atoms with Gasteiger partial charge in [-0.2, -0.15) is 5.10 Å². The molecular weight excluding hydrogens is 394 g/mol. The SMILES string of the molecule is Cc1nn(-c2ccccc2)c(C)c1CNC(=O)NCc1nc(-c2ccccc2)cs1. The standard InChI is InChI=1S/C23H23N5OS/c1-16-20(17(2)28(27-16)19-11-7-4-8-12-19)13-24-23(29)25-14-22-26-21(15-30-22)18-9-5-3-6-10-18/h3-12,15H,13-14H2,1-2H3,(H2,24,25,29). The second-order valence-corrected chi connectivity index (χ2v) is 7.87. The lowest BCUT2D eigenvalue weighted by molar-refractivity contribution is 0.240. The van der Waals surface area contributed by atoms with Gasteiger partial charge in [0.25, 0.3) is 0 Å². The van der Waals surface area contributed by atoms with E-state index in [1.54, 1.807) is 0 Å². The average Bonchev–Trinajstić information content (AvgIpc) is 3.37. The van der Waals surface area contributed by atoms with Crippen molar-refractivity contribution in [3.05, 3.63) is 88.0 Å². The number of para-hydroxylation sites is 1. The summed E-state index contributed by atoms with van der Waals surface area (Å²) in [5, 5.41) is 13.3. The molecule has 0 bridgehead atoms. The molecule has 2 amide bonds. The van der Waals surface area contributed by atoms with Crippen LogP contribution in [0.2, 0.25) is 0 Å². The zero-order valence-corrected chi connectivity index (χ0v) is 17.7. The van der Waals surface area contributed by atoms with Crippen LogP contribution < -0.4 is 10.6 Å². The number of aromatic nitrogens is 3. The first kappa shape index (κ1) is 19.8. The fourth-order valence-electron chi connectivity index (χ4n) is 3.27. The number of amides is 2. The van der Waals surface area contributed by atoms with Crippen molar-refractivity contribution in [1.82, 2.24) is 25.4 Å². The Labute approximate surface area is 179 Å². The lowest BCUT2D eigenvalue weighted by Gasteiger charge is -2.08. The number of aryl methyl sites for hydroxylation is 1. The van der Waals surface area contributed by atoms with Crippen LogP contribution in [0.4, 0.5) is 4.79 Å². The number of hydrogen-bond donors (Lipinski definition) is 2. The molecule has 0 spiro atoms. The number of urea groups is 1. The van der Waals surface area contributed by atoms with Gasteiger partial charge in [0.2, 0.25) is 0 Å². The number of carbonyl (C=O) groups is 1. The van der Waals surface area contributed by atoms with Crippen LogP contribution in [-0.4, -0.2) is 20.8 Å². The van der Waals surface area contributed by atoms with E-state index in [0.717, 1.165) is 38.9 Å². The molecule has 4 rings (SSSR count). The molecule has 0 atom stereocenters. The van der Waals surface area contributed by atoms with Crippen molar-refractivity contribution in [2.45, 2.75) is 26.9 Å². The molecule has 152 valence electrons. The third-order valence-corrected chi connectivity index (χ3v) is 5.74. The molecular formula is C23H23N5OS. The molecule has 0 unspecified atom stereocenters. The zero-order chi connectivity index (χ0) is 20.9. The lowest BCUT2D eigenvalue weighted by Crippen LogP contribution is -2.34. The highest BCUT2D eigenvalue weighted by molar-refractivity contribution is 7.09. The Morgan fingerprint density at radius 2 is 1.63 bits per heavy atom. The zero-order valence-electron chi connectivity index (χ0n) is 16.9. The number of thiazole rings is 1. The van der Waals surface area contributed by atoms with Gasteiger partial charge < -0.3 is 10.6 Å². The predicted octanol–water partition coefficient (Wildman–Crippen LogP) is 4.61. The summed E-state index contributed by atoms with van der Waals surface area (Å²) in [6.07, 6.45) is 0.